The molecule has 4 rings (SSSR count). The number of carbonyl (C=O) groups excluding carboxylic acids is 2. The lowest BCUT2D eigenvalue weighted by Gasteiger charge is -2.34. The Labute approximate surface area is 191 Å². The molecule has 2 aromatic rings. The fourth-order valence-electron chi connectivity index (χ4n) is 3.77. The highest BCUT2D eigenvalue weighted by Gasteiger charge is 2.25. The molecule has 3 N–H and O–H groups in total. The smallest absolute Gasteiger partial charge is 0.290 e. The van der Waals surface area contributed by atoms with Crippen molar-refractivity contribution in [1.29, 1.82) is 0 Å². The SMILES string of the molecule is O=C1NC(=O)/C(=C\c2ccc(N3CCC(NCC(O)COc4ccccc4)CC3)cc2)S1. The molecule has 2 aliphatic rings. The topological polar surface area (TPSA) is 90.9 Å². The Morgan fingerprint density at radius 2 is 1.84 bits per heavy atom. The zero-order valence-electron chi connectivity index (χ0n) is 17.7. The molecule has 0 aromatic heterocycles. The standard InChI is InChI=1S/C24H27N3O4S/c28-20(16-31-21-4-2-1-3-5-21)15-25-18-10-12-27(13-11-18)19-8-6-17(7-9-19)14-22-23(29)26-24(30)32-22/h1-9,14,18,20,25,28H,10-13,15-16H2,(H,26,29,30)/b22-14+. The van der Waals surface area contributed by atoms with Gasteiger partial charge in [-0.15, -0.1) is 0 Å². The van der Waals surface area contributed by atoms with Crippen LogP contribution in [0.5, 0.6) is 5.75 Å². The Balaban J connectivity index is 1.19. The van der Waals surface area contributed by atoms with Gasteiger partial charge in [-0.3, -0.25) is 14.9 Å². The highest BCUT2D eigenvalue weighted by Crippen LogP contribution is 2.27. The molecule has 32 heavy (non-hydrogen) atoms. The largest absolute Gasteiger partial charge is 0.491 e. The van der Waals surface area contributed by atoms with Crippen LogP contribution in [0.15, 0.2) is 59.5 Å². The van der Waals surface area contributed by atoms with Crippen LogP contribution in [0.3, 0.4) is 0 Å². The van der Waals surface area contributed by atoms with Gasteiger partial charge in [0.1, 0.15) is 18.5 Å². The number of amides is 2. The highest BCUT2D eigenvalue weighted by atomic mass is 32.2. The van der Waals surface area contributed by atoms with E-state index in [1.54, 1.807) is 6.08 Å². The van der Waals surface area contributed by atoms with Gasteiger partial charge in [-0.25, -0.2) is 0 Å². The van der Waals surface area contributed by atoms with Crippen molar-refractivity contribution < 1.29 is 19.4 Å². The van der Waals surface area contributed by atoms with Gasteiger partial charge in [-0.05, 0) is 60.5 Å². The zero-order valence-corrected chi connectivity index (χ0v) is 18.5. The third-order valence-corrected chi connectivity index (χ3v) is 6.33. The second-order valence-corrected chi connectivity index (χ2v) is 8.91. The number of carbonyl (C=O) groups is 2. The van der Waals surface area contributed by atoms with E-state index in [0.29, 0.717) is 17.5 Å². The van der Waals surface area contributed by atoms with Crippen molar-refractivity contribution in [2.24, 2.45) is 0 Å². The summed E-state index contributed by atoms with van der Waals surface area (Å²) in [6.07, 6.45) is 3.18. The first-order chi connectivity index (χ1) is 15.6. The van der Waals surface area contributed by atoms with E-state index >= 15 is 0 Å². The van der Waals surface area contributed by atoms with Gasteiger partial charge in [0.15, 0.2) is 0 Å². The molecule has 0 spiro atoms. The number of aliphatic hydroxyl groups is 1. The Morgan fingerprint density at radius 1 is 1.12 bits per heavy atom. The number of piperidine rings is 1. The molecule has 2 amide bonds. The normalized spacial score (nSPS) is 19.3. The van der Waals surface area contributed by atoms with Crippen molar-refractivity contribution in [2.45, 2.75) is 25.0 Å². The van der Waals surface area contributed by atoms with Gasteiger partial charge in [0.05, 0.1) is 4.91 Å². The number of hydrogen-bond donors (Lipinski definition) is 3. The van der Waals surface area contributed by atoms with Crippen molar-refractivity contribution >= 4 is 34.7 Å². The molecular formula is C24H27N3O4S. The van der Waals surface area contributed by atoms with Crippen molar-refractivity contribution in [3.8, 4) is 5.75 Å². The van der Waals surface area contributed by atoms with Gasteiger partial charge in [-0.1, -0.05) is 30.3 Å². The van der Waals surface area contributed by atoms with E-state index in [9.17, 15) is 14.7 Å². The van der Waals surface area contributed by atoms with Crippen molar-refractivity contribution in [3.05, 3.63) is 65.1 Å². The number of thioether (sulfide) groups is 1. The van der Waals surface area contributed by atoms with E-state index in [-0.39, 0.29) is 17.8 Å². The lowest BCUT2D eigenvalue weighted by atomic mass is 10.0. The van der Waals surface area contributed by atoms with E-state index in [0.717, 1.165) is 54.7 Å². The van der Waals surface area contributed by atoms with Crippen molar-refractivity contribution in [2.75, 3.05) is 31.1 Å². The van der Waals surface area contributed by atoms with E-state index in [1.807, 2.05) is 54.6 Å². The number of rotatable bonds is 8. The maximum Gasteiger partial charge on any atom is 0.290 e. The Hall–Kier alpha value is -2.81. The molecule has 1 unspecified atom stereocenters. The number of nitrogens with zero attached hydrogens (tertiary/aromatic N) is 1. The quantitative estimate of drug-likeness (QED) is 0.529. The summed E-state index contributed by atoms with van der Waals surface area (Å²) in [5, 5.41) is 15.6. The Bertz CT molecular complexity index is 957. The number of aliphatic hydroxyl groups excluding tert-OH is 1. The predicted molar refractivity (Wildman–Crippen MR) is 127 cm³/mol. The van der Waals surface area contributed by atoms with Crippen molar-refractivity contribution in [1.82, 2.24) is 10.6 Å². The summed E-state index contributed by atoms with van der Waals surface area (Å²) in [5.41, 5.74) is 2.03. The highest BCUT2D eigenvalue weighted by molar-refractivity contribution is 8.18. The number of hydrogen-bond acceptors (Lipinski definition) is 7. The molecule has 0 bridgehead atoms. The first-order valence-electron chi connectivity index (χ1n) is 10.8. The number of imide groups is 1. The molecular weight excluding hydrogens is 426 g/mol. The van der Waals surface area contributed by atoms with Crippen LogP contribution in [-0.4, -0.2) is 54.6 Å². The summed E-state index contributed by atoms with van der Waals surface area (Å²) < 4.78 is 5.60. The lowest BCUT2D eigenvalue weighted by Crippen LogP contribution is -2.45. The molecule has 2 aromatic carbocycles. The average molecular weight is 454 g/mol. The van der Waals surface area contributed by atoms with Gasteiger partial charge < -0.3 is 20.1 Å². The summed E-state index contributed by atoms with van der Waals surface area (Å²) in [6.45, 7) is 2.64. The molecule has 8 heteroatoms. The Morgan fingerprint density at radius 3 is 2.50 bits per heavy atom. The number of nitrogens with one attached hydrogen (secondary N) is 2. The fourth-order valence-corrected chi connectivity index (χ4v) is 4.45. The number of para-hydroxylation sites is 1. The molecule has 2 heterocycles. The van der Waals surface area contributed by atoms with E-state index in [2.05, 4.69) is 15.5 Å². The summed E-state index contributed by atoms with van der Waals surface area (Å²) in [4.78, 5) is 25.7. The minimum Gasteiger partial charge on any atom is -0.491 e. The molecule has 1 atom stereocenters. The third kappa shape index (κ3) is 6.12. The molecule has 0 saturated carbocycles. The Kier molecular flexibility index (Phi) is 7.47. The van der Waals surface area contributed by atoms with Crippen LogP contribution >= 0.6 is 11.8 Å². The predicted octanol–water partition coefficient (Wildman–Crippen LogP) is 3.01. The summed E-state index contributed by atoms with van der Waals surface area (Å²) >= 11 is 0.928. The summed E-state index contributed by atoms with van der Waals surface area (Å²) in [5.74, 6) is 0.427. The molecule has 2 saturated heterocycles. The van der Waals surface area contributed by atoms with Gasteiger partial charge in [0.2, 0.25) is 0 Å². The minimum atomic E-state index is -0.551. The number of ether oxygens (including phenoxy) is 1. The molecule has 2 aliphatic heterocycles. The molecule has 0 radical (unpaired) electrons. The van der Waals surface area contributed by atoms with Crippen LogP contribution in [-0.2, 0) is 4.79 Å². The molecule has 0 aliphatic carbocycles. The van der Waals surface area contributed by atoms with Crippen LogP contribution in [0.4, 0.5) is 10.5 Å². The minimum absolute atomic E-state index is 0.271. The zero-order chi connectivity index (χ0) is 22.3. The second-order valence-electron chi connectivity index (χ2n) is 7.89. The molecule has 168 valence electrons. The first-order valence-corrected chi connectivity index (χ1v) is 11.6. The number of benzene rings is 2. The van der Waals surface area contributed by atoms with Gasteiger partial charge in [0, 0.05) is 31.4 Å². The van der Waals surface area contributed by atoms with E-state index in [1.165, 1.54) is 0 Å². The monoisotopic (exact) mass is 453 g/mol. The van der Waals surface area contributed by atoms with E-state index < -0.39 is 6.10 Å². The summed E-state index contributed by atoms with van der Waals surface area (Å²) in [7, 11) is 0. The maximum atomic E-state index is 11.7. The molecule has 7 nitrogen and oxygen atoms in total. The van der Waals surface area contributed by atoms with Crippen molar-refractivity contribution in [3.63, 3.8) is 0 Å². The van der Waals surface area contributed by atoms with Crippen LogP contribution in [0, 0.1) is 0 Å². The maximum absolute atomic E-state index is 11.7. The van der Waals surface area contributed by atoms with Crippen LogP contribution in [0.2, 0.25) is 0 Å². The van der Waals surface area contributed by atoms with Gasteiger partial charge >= 0.3 is 0 Å². The van der Waals surface area contributed by atoms with Crippen LogP contribution < -0.4 is 20.3 Å². The first kappa shape index (κ1) is 22.4. The fraction of sp³-hybridized carbons (Fsp3) is 0.333. The average Bonchev–Trinajstić information content (AvgIpc) is 3.14. The van der Waals surface area contributed by atoms with Gasteiger partial charge in [0.25, 0.3) is 11.1 Å². The van der Waals surface area contributed by atoms with Crippen LogP contribution in [0.25, 0.3) is 6.08 Å². The molecule has 2 fully saturated rings. The second kappa shape index (κ2) is 10.7. The number of anilines is 1. The van der Waals surface area contributed by atoms with Gasteiger partial charge in [-0.2, -0.15) is 0 Å². The summed E-state index contributed by atoms with van der Waals surface area (Å²) in [6, 6.07) is 17.9. The third-order valence-electron chi connectivity index (χ3n) is 5.52. The van der Waals surface area contributed by atoms with E-state index in [4.69, 9.17) is 4.74 Å². The lowest BCUT2D eigenvalue weighted by molar-refractivity contribution is -0.115. The van der Waals surface area contributed by atoms with Crippen LogP contribution in [0.1, 0.15) is 18.4 Å².